The van der Waals surface area contributed by atoms with Crippen molar-refractivity contribution in [3.05, 3.63) is 48.3 Å². The second-order valence-corrected chi connectivity index (χ2v) is 10.7. The van der Waals surface area contributed by atoms with E-state index >= 15 is 0 Å². The maximum atomic E-state index is 13.7. The molecule has 3 aromatic heterocycles. The third-order valence-electron chi connectivity index (χ3n) is 8.17. The number of amides is 1. The standard InChI is InChI=1S/C28H32N8O3/c1-17(37)18-9-11-35(12-10-18)27(38)26-30-22-24(33(26)2)31-28(32-25(22)34-13-15-39-16-14-34)36-21-6-4-3-5-20(21)29-23(36)19-7-8-19/h3-6,18-19,37H,1,7-16H2,2H3. The van der Waals surface area contributed by atoms with Crippen LogP contribution in [0.3, 0.4) is 0 Å². The molecule has 1 aliphatic carbocycles. The van der Waals surface area contributed by atoms with Crippen molar-refractivity contribution in [1.29, 1.82) is 0 Å². The minimum atomic E-state index is -0.140. The number of aromatic nitrogens is 6. The number of piperidine rings is 1. The van der Waals surface area contributed by atoms with Gasteiger partial charge in [0, 0.05) is 45.1 Å². The molecule has 4 aromatic rings. The quantitative estimate of drug-likeness (QED) is 0.393. The minimum Gasteiger partial charge on any atom is -0.513 e. The van der Waals surface area contributed by atoms with Crippen LogP contribution in [0.2, 0.25) is 0 Å². The summed E-state index contributed by atoms with van der Waals surface area (Å²) < 4.78 is 9.49. The number of allylic oxidation sites excluding steroid dienone is 1. The Morgan fingerprint density at radius 3 is 2.46 bits per heavy atom. The van der Waals surface area contributed by atoms with Crippen LogP contribution in [0, 0.1) is 5.92 Å². The highest BCUT2D eigenvalue weighted by molar-refractivity contribution is 5.96. The summed E-state index contributed by atoms with van der Waals surface area (Å²) in [6.07, 6.45) is 3.58. The number of benzene rings is 1. The normalized spacial score (nSPS) is 18.8. The summed E-state index contributed by atoms with van der Waals surface area (Å²) >= 11 is 0. The van der Waals surface area contributed by atoms with Gasteiger partial charge in [0.25, 0.3) is 5.91 Å². The Balaban J connectivity index is 1.36. The number of hydrogen-bond donors (Lipinski definition) is 1. The Morgan fingerprint density at radius 2 is 1.74 bits per heavy atom. The van der Waals surface area contributed by atoms with Crippen molar-refractivity contribution in [2.75, 3.05) is 44.3 Å². The zero-order valence-corrected chi connectivity index (χ0v) is 22.1. The largest absolute Gasteiger partial charge is 0.513 e. The molecule has 0 spiro atoms. The van der Waals surface area contributed by atoms with E-state index in [1.54, 1.807) is 9.47 Å². The highest BCUT2D eigenvalue weighted by atomic mass is 16.5. The smallest absolute Gasteiger partial charge is 0.289 e. The molecule has 3 aliphatic rings. The lowest BCUT2D eigenvalue weighted by molar-refractivity contribution is 0.0671. The van der Waals surface area contributed by atoms with Gasteiger partial charge in [-0.1, -0.05) is 18.7 Å². The molecule has 202 valence electrons. The summed E-state index contributed by atoms with van der Waals surface area (Å²) in [6.45, 7) is 7.34. The van der Waals surface area contributed by atoms with Crippen molar-refractivity contribution < 1.29 is 14.6 Å². The van der Waals surface area contributed by atoms with Crippen LogP contribution in [0.1, 0.15) is 48.0 Å². The lowest BCUT2D eigenvalue weighted by Crippen LogP contribution is -2.39. The van der Waals surface area contributed by atoms with Crippen LogP contribution >= 0.6 is 0 Å². The number of para-hydroxylation sites is 2. The third kappa shape index (κ3) is 4.12. The van der Waals surface area contributed by atoms with Crippen LogP contribution in [0.4, 0.5) is 5.82 Å². The highest BCUT2D eigenvalue weighted by Crippen LogP contribution is 2.42. The van der Waals surface area contributed by atoms with E-state index in [9.17, 15) is 9.90 Å². The first-order valence-electron chi connectivity index (χ1n) is 13.7. The van der Waals surface area contributed by atoms with Gasteiger partial charge >= 0.3 is 0 Å². The van der Waals surface area contributed by atoms with Crippen molar-refractivity contribution >= 4 is 33.9 Å². The molecule has 11 nitrogen and oxygen atoms in total. The number of aryl methyl sites for hydroxylation is 1. The number of carbonyl (C=O) groups excluding carboxylic acids is 1. The summed E-state index contributed by atoms with van der Waals surface area (Å²) in [5.74, 6) is 3.05. The molecule has 0 atom stereocenters. The molecule has 11 heteroatoms. The van der Waals surface area contributed by atoms with Gasteiger partial charge in [-0.3, -0.25) is 9.36 Å². The van der Waals surface area contributed by atoms with Gasteiger partial charge < -0.3 is 24.2 Å². The number of carbonyl (C=O) groups is 1. The number of rotatable bonds is 5. The van der Waals surface area contributed by atoms with E-state index in [0.717, 1.165) is 29.7 Å². The van der Waals surface area contributed by atoms with Gasteiger partial charge in [-0.05, 0) is 37.8 Å². The van der Waals surface area contributed by atoms with Gasteiger partial charge in [0.05, 0.1) is 30.0 Å². The number of likely N-dealkylation sites (tertiary alicyclic amines) is 1. The molecular weight excluding hydrogens is 496 g/mol. The predicted octanol–water partition coefficient (Wildman–Crippen LogP) is 3.34. The Bertz CT molecular complexity index is 1590. The monoisotopic (exact) mass is 528 g/mol. The summed E-state index contributed by atoms with van der Waals surface area (Å²) in [6, 6.07) is 8.08. The molecule has 3 fully saturated rings. The lowest BCUT2D eigenvalue weighted by Gasteiger charge is -2.31. The Kier molecular flexibility index (Phi) is 5.76. The van der Waals surface area contributed by atoms with Gasteiger partial charge in [0.2, 0.25) is 11.8 Å². The van der Waals surface area contributed by atoms with E-state index in [4.69, 9.17) is 24.7 Å². The van der Waals surface area contributed by atoms with Gasteiger partial charge in [-0.25, -0.2) is 9.97 Å². The maximum Gasteiger partial charge on any atom is 0.289 e. The molecule has 1 aromatic carbocycles. The number of nitrogens with zero attached hydrogens (tertiary/aromatic N) is 8. The van der Waals surface area contributed by atoms with E-state index in [0.29, 0.717) is 86.9 Å². The van der Waals surface area contributed by atoms with Gasteiger partial charge in [0.1, 0.15) is 5.82 Å². The predicted molar refractivity (Wildman–Crippen MR) is 146 cm³/mol. The van der Waals surface area contributed by atoms with Crippen LogP contribution in [-0.4, -0.2) is 84.4 Å². The SMILES string of the molecule is C=C(O)C1CCN(C(=O)c2nc3c(N4CCOCC4)nc(-n4c(C5CC5)nc5ccccc54)nc3n2C)CC1. The van der Waals surface area contributed by atoms with Gasteiger partial charge in [-0.15, -0.1) is 0 Å². The number of aliphatic hydroxyl groups excluding tert-OH is 1. The Morgan fingerprint density at radius 1 is 1.00 bits per heavy atom. The molecule has 2 saturated heterocycles. The number of anilines is 1. The van der Waals surface area contributed by atoms with Crippen LogP contribution in [0.5, 0.6) is 0 Å². The first-order valence-corrected chi connectivity index (χ1v) is 13.7. The van der Waals surface area contributed by atoms with Crippen molar-refractivity contribution in [2.45, 2.75) is 31.6 Å². The average Bonchev–Trinajstić information content (AvgIpc) is 3.67. The van der Waals surface area contributed by atoms with Crippen molar-refractivity contribution in [3.63, 3.8) is 0 Å². The molecule has 0 radical (unpaired) electrons. The maximum absolute atomic E-state index is 13.7. The molecule has 1 saturated carbocycles. The van der Waals surface area contributed by atoms with Crippen molar-refractivity contribution in [2.24, 2.45) is 13.0 Å². The fourth-order valence-corrected chi connectivity index (χ4v) is 5.75. The average molecular weight is 529 g/mol. The van der Waals surface area contributed by atoms with E-state index in [-0.39, 0.29) is 17.6 Å². The Hall–Kier alpha value is -3.99. The second kappa shape index (κ2) is 9.33. The van der Waals surface area contributed by atoms with E-state index in [1.165, 1.54) is 0 Å². The molecule has 0 unspecified atom stereocenters. The number of morpholine rings is 1. The highest BCUT2D eigenvalue weighted by Gasteiger charge is 2.33. The fourth-order valence-electron chi connectivity index (χ4n) is 5.75. The van der Waals surface area contributed by atoms with Crippen LogP contribution < -0.4 is 4.90 Å². The summed E-state index contributed by atoms with van der Waals surface area (Å²) in [5, 5.41) is 9.79. The topological polar surface area (TPSA) is 114 Å². The number of aliphatic hydroxyl groups is 1. The van der Waals surface area contributed by atoms with Crippen molar-refractivity contribution in [1.82, 2.24) is 34.0 Å². The van der Waals surface area contributed by atoms with E-state index in [2.05, 4.69) is 22.1 Å². The molecule has 2 aliphatic heterocycles. The first kappa shape index (κ1) is 24.1. The Labute approximate surface area is 225 Å². The molecule has 7 rings (SSSR count). The number of hydrogen-bond acceptors (Lipinski definition) is 8. The molecule has 39 heavy (non-hydrogen) atoms. The molecule has 5 heterocycles. The molecule has 1 amide bonds. The van der Waals surface area contributed by atoms with Crippen LogP contribution in [0.15, 0.2) is 36.6 Å². The van der Waals surface area contributed by atoms with E-state index in [1.807, 2.05) is 25.2 Å². The fraction of sp³-hybridized carbons (Fsp3) is 0.464. The zero-order chi connectivity index (χ0) is 26.7. The van der Waals surface area contributed by atoms with Gasteiger partial charge in [-0.2, -0.15) is 9.97 Å². The second-order valence-electron chi connectivity index (χ2n) is 10.7. The van der Waals surface area contributed by atoms with Crippen molar-refractivity contribution in [3.8, 4) is 5.95 Å². The lowest BCUT2D eigenvalue weighted by atomic mass is 9.95. The molecule has 0 bridgehead atoms. The van der Waals surface area contributed by atoms with Crippen LogP contribution in [0.25, 0.3) is 28.1 Å². The first-order chi connectivity index (χ1) is 19.0. The molecule has 1 N–H and O–H groups in total. The summed E-state index contributed by atoms with van der Waals surface area (Å²) in [5.41, 5.74) is 3.12. The molecular formula is C28H32N8O3. The summed E-state index contributed by atoms with van der Waals surface area (Å²) in [7, 11) is 1.85. The zero-order valence-electron chi connectivity index (χ0n) is 22.1. The van der Waals surface area contributed by atoms with E-state index < -0.39 is 0 Å². The number of ether oxygens (including phenoxy) is 1. The third-order valence-corrected chi connectivity index (χ3v) is 8.17. The number of fused-ring (bicyclic) bond motifs is 2. The van der Waals surface area contributed by atoms with Crippen LogP contribution in [-0.2, 0) is 11.8 Å². The minimum absolute atomic E-state index is 0.0292. The number of imidazole rings is 2. The van der Waals surface area contributed by atoms with Gasteiger partial charge in [0.15, 0.2) is 17.0 Å². The summed E-state index contributed by atoms with van der Waals surface area (Å²) in [4.78, 5) is 37.5.